The number of benzene rings is 1. The number of pyridine rings is 1. The van der Waals surface area contributed by atoms with E-state index in [1.165, 1.54) is 12.4 Å². The van der Waals surface area contributed by atoms with Gasteiger partial charge in [0.15, 0.2) is 0 Å². The maximum atomic E-state index is 13.3. The maximum absolute atomic E-state index is 13.3. The third kappa shape index (κ3) is 4.66. The third-order valence-corrected chi connectivity index (χ3v) is 5.93. The van der Waals surface area contributed by atoms with Crippen LogP contribution in [-0.4, -0.2) is 51.3 Å². The molecule has 1 aliphatic heterocycles. The molecule has 0 spiro atoms. The largest absolute Gasteiger partial charge is 0.356 e. The molecule has 1 N–H and O–H groups in total. The maximum Gasteiger partial charge on any atom is 0.274 e. The Morgan fingerprint density at radius 2 is 1.91 bits per heavy atom. The number of carbonyl (C=O) groups is 2. The summed E-state index contributed by atoms with van der Waals surface area (Å²) in [5.41, 5.74) is 2.76. The monoisotopic (exact) mass is 429 g/mol. The summed E-state index contributed by atoms with van der Waals surface area (Å²) in [6, 6.07) is 12.1. The average Bonchev–Trinajstić information content (AvgIpc) is 2.85. The fraction of sp³-hybridized carbons (Fsp3) is 0.320. The van der Waals surface area contributed by atoms with Gasteiger partial charge in [-0.15, -0.1) is 0 Å². The second-order valence-corrected chi connectivity index (χ2v) is 8.18. The summed E-state index contributed by atoms with van der Waals surface area (Å²) in [6.07, 6.45) is 10.1. The molecular weight excluding hydrogens is 402 g/mol. The molecule has 0 aliphatic carbocycles. The molecule has 164 valence electrons. The predicted molar refractivity (Wildman–Crippen MR) is 122 cm³/mol. The Morgan fingerprint density at radius 3 is 2.66 bits per heavy atom. The van der Waals surface area contributed by atoms with Gasteiger partial charge in [-0.3, -0.25) is 19.6 Å². The minimum absolute atomic E-state index is 0.0107. The fourth-order valence-electron chi connectivity index (χ4n) is 4.42. The van der Waals surface area contributed by atoms with Gasteiger partial charge in [0.1, 0.15) is 5.69 Å². The van der Waals surface area contributed by atoms with Gasteiger partial charge in [0.05, 0.1) is 11.6 Å². The molecule has 7 nitrogen and oxygen atoms in total. The molecule has 1 saturated heterocycles. The highest BCUT2D eigenvalue weighted by molar-refractivity contribution is 5.93. The number of carbonyl (C=O) groups excluding carboxylic acids is 2. The van der Waals surface area contributed by atoms with Crippen molar-refractivity contribution in [2.24, 2.45) is 5.41 Å². The molecule has 3 heterocycles. The molecule has 2 aromatic heterocycles. The van der Waals surface area contributed by atoms with Crippen molar-refractivity contribution in [2.45, 2.75) is 26.2 Å². The first-order valence-electron chi connectivity index (χ1n) is 10.9. The Labute approximate surface area is 187 Å². The molecule has 0 saturated carbocycles. The lowest BCUT2D eigenvalue weighted by Crippen LogP contribution is -2.54. The van der Waals surface area contributed by atoms with Crippen molar-refractivity contribution in [3.63, 3.8) is 0 Å². The second kappa shape index (κ2) is 9.68. The van der Waals surface area contributed by atoms with Crippen LogP contribution in [0.5, 0.6) is 0 Å². The number of amides is 2. The normalized spacial score (nSPS) is 18.2. The van der Waals surface area contributed by atoms with Crippen molar-refractivity contribution in [1.82, 2.24) is 25.2 Å². The molecule has 7 heteroatoms. The Balaban J connectivity index is 1.62. The molecule has 32 heavy (non-hydrogen) atoms. The summed E-state index contributed by atoms with van der Waals surface area (Å²) in [7, 11) is 0. The zero-order valence-corrected chi connectivity index (χ0v) is 18.2. The minimum Gasteiger partial charge on any atom is -0.356 e. The molecule has 0 radical (unpaired) electrons. The molecular formula is C25H27N5O2. The van der Waals surface area contributed by atoms with E-state index in [2.05, 4.69) is 26.3 Å². The van der Waals surface area contributed by atoms with Gasteiger partial charge in [-0.2, -0.15) is 0 Å². The van der Waals surface area contributed by atoms with Gasteiger partial charge in [-0.05, 0) is 48.9 Å². The lowest BCUT2D eigenvalue weighted by atomic mass is 9.74. The third-order valence-electron chi connectivity index (χ3n) is 5.93. The van der Waals surface area contributed by atoms with Crippen LogP contribution in [0.1, 0.15) is 35.8 Å². The molecule has 3 aromatic rings. The van der Waals surface area contributed by atoms with E-state index in [0.29, 0.717) is 31.7 Å². The summed E-state index contributed by atoms with van der Waals surface area (Å²) < 4.78 is 0. The van der Waals surface area contributed by atoms with E-state index in [0.717, 1.165) is 29.5 Å². The van der Waals surface area contributed by atoms with Gasteiger partial charge < -0.3 is 10.2 Å². The van der Waals surface area contributed by atoms with Crippen LogP contribution in [0.25, 0.3) is 11.1 Å². The highest BCUT2D eigenvalue weighted by Crippen LogP contribution is 2.35. The van der Waals surface area contributed by atoms with Gasteiger partial charge in [0.2, 0.25) is 5.91 Å². The van der Waals surface area contributed by atoms with Crippen molar-refractivity contribution in [3.05, 3.63) is 78.6 Å². The van der Waals surface area contributed by atoms with Crippen LogP contribution in [0.4, 0.5) is 0 Å². The van der Waals surface area contributed by atoms with E-state index in [1.54, 1.807) is 17.3 Å². The van der Waals surface area contributed by atoms with Crippen molar-refractivity contribution in [3.8, 4) is 11.1 Å². The van der Waals surface area contributed by atoms with Gasteiger partial charge in [-0.25, -0.2) is 4.98 Å². The fourth-order valence-corrected chi connectivity index (χ4v) is 4.42. The van der Waals surface area contributed by atoms with Crippen LogP contribution in [0.2, 0.25) is 0 Å². The van der Waals surface area contributed by atoms with E-state index in [-0.39, 0.29) is 11.8 Å². The van der Waals surface area contributed by atoms with Crippen molar-refractivity contribution >= 4 is 11.8 Å². The van der Waals surface area contributed by atoms with Crippen LogP contribution < -0.4 is 5.32 Å². The van der Waals surface area contributed by atoms with E-state index >= 15 is 0 Å². The number of hydrogen-bond acceptors (Lipinski definition) is 5. The van der Waals surface area contributed by atoms with Crippen LogP contribution in [0, 0.1) is 5.41 Å². The molecule has 1 aliphatic rings. The average molecular weight is 430 g/mol. The lowest BCUT2D eigenvalue weighted by molar-refractivity contribution is -0.133. The SMILES string of the molecule is CCNC(=O)[C@]1(Cc2cccc(-c3cccnc3)c2)CCCN(C(=O)c2cnccn2)C1. The quantitative estimate of drug-likeness (QED) is 0.650. The summed E-state index contributed by atoms with van der Waals surface area (Å²) >= 11 is 0. The zero-order valence-electron chi connectivity index (χ0n) is 18.2. The number of hydrogen-bond donors (Lipinski definition) is 1. The number of likely N-dealkylation sites (tertiary alicyclic amines) is 1. The van der Waals surface area contributed by atoms with E-state index in [9.17, 15) is 9.59 Å². The lowest BCUT2D eigenvalue weighted by Gasteiger charge is -2.41. The minimum atomic E-state index is -0.695. The van der Waals surface area contributed by atoms with E-state index in [1.807, 2.05) is 43.5 Å². The molecule has 0 bridgehead atoms. The standard InChI is InChI=1S/C25H27N5O2/c1-2-28-24(32)25(9-5-13-30(18-25)23(31)22-17-27-11-12-29-22)15-19-6-3-7-20(14-19)21-8-4-10-26-16-21/h3-4,6-8,10-12,14,16-17H,2,5,9,13,15,18H2,1H3,(H,28,32)/t25-/m0/s1. The Kier molecular flexibility index (Phi) is 6.54. The second-order valence-electron chi connectivity index (χ2n) is 8.18. The van der Waals surface area contributed by atoms with Gasteiger partial charge >= 0.3 is 0 Å². The van der Waals surface area contributed by atoms with Gasteiger partial charge in [0, 0.05) is 44.4 Å². The van der Waals surface area contributed by atoms with Crippen LogP contribution in [-0.2, 0) is 11.2 Å². The highest BCUT2D eigenvalue weighted by atomic mass is 16.2. The molecule has 1 atom stereocenters. The van der Waals surface area contributed by atoms with Crippen molar-refractivity contribution in [1.29, 1.82) is 0 Å². The Bertz CT molecular complexity index is 1070. The number of nitrogens with one attached hydrogen (secondary N) is 1. The van der Waals surface area contributed by atoms with Crippen molar-refractivity contribution < 1.29 is 9.59 Å². The Hall–Kier alpha value is -3.61. The predicted octanol–water partition coefficient (Wildman–Crippen LogP) is 3.14. The molecule has 4 rings (SSSR count). The topological polar surface area (TPSA) is 88.1 Å². The van der Waals surface area contributed by atoms with Crippen molar-refractivity contribution in [2.75, 3.05) is 19.6 Å². The van der Waals surface area contributed by atoms with Crippen LogP contribution >= 0.6 is 0 Å². The molecule has 1 aromatic carbocycles. The number of nitrogens with zero attached hydrogens (tertiary/aromatic N) is 4. The highest BCUT2D eigenvalue weighted by Gasteiger charge is 2.43. The molecule has 0 unspecified atom stereocenters. The number of rotatable bonds is 6. The first kappa shape index (κ1) is 21.6. The number of piperidine rings is 1. The smallest absolute Gasteiger partial charge is 0.274 e. The summed E-state index contributed by atoms with van der Waals surface area (Å²) in [4.78, 5) is 40.5. The van der Waals surface area contributed by atoms with Gasteiger partial charge in [-0.1, -0.05) is 30.3 Å². The summed E-state index contributed by atoms with van der Waals surface area (Å²) in [5.74, 6) is -0.195. The van der Waals surface area contributed by atoms with E-state index in [4.69, 9.17) is 0 Å². The number of aromatic nitrogens is 3. The van der Waals surface area contributed by atoms with Gasteiger partial charge in [0.25, 0.3) is 5.91 Å². The van der Waals surface area contributed by atoms with Crippen LogP contribution in [0.15, 0.2) is 67.4 Å². The first-order chi connectivity index (χ1) is 15.6. The summed E-state index contributed by atoms with van der Waals surface area (Å²) in [5, 5.41) is 3.01. The zero-order chi connectivity index (χ0) is 22.4. The van der Waals surface area contributed by atoms with Crippen LogP contribution in [0.3, 0.4) is 0 Å². The Morgan fingerprint density at radius 1 is 1.06 bits per heavy atom. The molecule has 2 amide bonds. The first-order valence-corrected chi connectivity index (χ1v) is 10.9. The molecule has 1 fully saturated rings. The summed E-state index contributed by atoms with van der Waals surface area (Å²) in [6.45, 7) is 3.42. The van der Waals surface area contributed by atoms with E-state index < -0.39 is 5.41 Å².